The van der Waals surface area contributed by atoms with E-state index < -0.39 is 6.04 Å². The smallest absolute Gasteiger partial charge is 0.261 e. The Morgan fingerprint density at radius 1 is 1.21 bits per heavy atom. The summed E-state index contributed by atoms with van der Waals surface area (Å²) < 4.78 is 1.64. The molecule has 0 saturated carbocycles. The Morgan fingerprint density at radius 2 is 2.04 bits per heavy atom. The predicted octanol–water partition coefficient (Wildman–Crippen LogP) is 1.62. The lowest BCUT2D eigenvalue weighted by Gasteiger charge is -2.13. The quantitative estimate of drug-likeness (QED) is 0.712. The second kappa shape index (κ2) is 9.02. The minimum absolute atomic E-state index is 0.0218. The minimum Gasteiger partial charge on any atom is -0.354 e. The van der Waals surface area contributed by atoms with E-state index in [2.05, 4.69) is 10.6 Å². The number of nitrogens with zero attached hydrogens (tertiary/aromatic N) is 1. The number of unbranched alkanes of at least 4 members (excludes halogenated alkanes) is 1. The van der Waals surface area contributed by atoms with E-state index >= 15 is 0 Å². The van der Waals surface area contributed by atoms with Crippen molar-refractivity contribution in [3.05, 3.63) is 57.1 Å². The number of aromatic nitrogens is 1. The largest absolute Gasteiger partial charge is 0.354 e. The summed E-state index contributed by atoms with van der Waals surface area (Å²) in [4.78, 5) is 36.0. The molecule has 0 radical (unpaired) electrons. The van der Waals surface area contributed by atoms with E-state index in [-0.39, 0.29) is 17.4 Å². The van der Waals surface area contributed by atoms with Crippen molar-refractivity contribution in [2.75, 3.05) is 6.54 Å². The zero-order valence-corrected chi connectivity index (χ0v) is 14.3. The van der Waals surface area contributed by atoms with Gasteiger partial charge in [-0.15, -0.1) is 11.3 Å². The molecule has 6 nitrogen and oxygen atoms in total. The van der Waals surface area contributed by atoms with Crippen LogP contribution in [0.25, 0.3) is 0 Å². The van der Waals surface area contributed by atoms with Crippen LogP contribution in [0.15, 0.2) is 46.7 Å². The number of rotatable bonds is 8. The van der Waals surface area contributed by atoms with Gasteiger partial charge < -0.3 is 15.2 Å². The molecule has 0 spiro atoms. The molecule has 7 heteroatoms. The molecule has 0 aliphatic carbocycles. The van der Waals surface area contributed by atoms with Gasteiger partial charge in [0.2, 0.25) is 11.5 Å². The fourth-order valence-electron chi connectivity index (χ4n) is 2.16. The van der Waals surface area contributed by atoms with Crippen molar-refractivity contribution in [1.82, 2.24) is 15.2 Å². The maximum atomic E-state index is 12.0. The lowest BCUT2D eigenvalue weighted by Crippen LogP contribution is -2.44. The Balaban J connectivity index is 1.65. The first-order chi connectivity index (χ1) is 11.6. The zero-order valence-electron chi connectivity index (χ0n) is 13.5. The molecule has 2 rings (SSSR count). The maximum absolute atomic E-state index is 12.0. The molecule has 24 heavy (non-hydrogen) atoms. The highest BCUT2D eigenvalue weighted by Gasteiger charge is 2.16. The average molecular weight is 347 g/mol. The van der Waals surface area contributed by atoms with E-state index in [4.69, 9.17) is 0 Å². The van der Waals surface area contributed by atoms with Gasteiger partial charge in [-0.2, -0.15) is 0 Å². The molecule has 128 valence electrons. The maximum Gasteiger partial charge on any atom is 0.261 e. The highest BCUT2D eigenvalue weighted by Crippen LogP contribution is 2.08. The SMILES string of the molecule is C[C@@H](NC(=O)c1cccs1)C(=O)NCCCCn1ccccc1=O. The molecule has 0 bridgehead atoms. The number of amides is 2. The van der Waals surface area contributed by atoms with Gasteiger partial charge in [0.25, 0.3) is 5.91 Å². The summed E-state index contributed by atoms with van der Waals surface area (Å²) >= 11 is 1.34. The molecule has 0 aliphatic rings. The third kappa shape index (κ3) is 5.34. The van der Waals surface area contributed by atoms with Crippen molar-refractivity contribution < 1.29 is 9.59 Å². The molecule has 0 aliphatic heterocycles. The van der Waals surface area contributed by atoms with Crippen molar-refractivity contribution >= 4 is 23.2 Å². The number of hydrogen-bond donors (Lipinski definition) is 2. The topological polar surface area (TPSA) is 80.2 Å². The average Bonchev–Trinajstić information content (AvgIpc) is 3.10. The van der Waals surface area contributed by atoms with Gasteiger partial charge in [-0.1, -0.05) is 12.1 Å². The minimum atomic E-state index is -0.587. The Kier molecular flexibility index (Phi) is 6.74. The van der Waals surface area contributed by atoms with E-state index in [1.54, 1.807) is 35.9 Å². The van der Waals surface area contributed by atoms with E-state index in [0.717, 1.165) is 12.8 Å². The summed E-state index contributed by atoms with van der Waals surface area (Å²) in [5.41, 5.74) is -0.0218. The third-order valence-corrected chi connectivity index (χ3v) is 4.38. The van der Waals surface area contributed by atoms with Gasteiger partial charge in [0.15, 0.2) is 0 Å². The molecule has 0 fully saturated rings. The Bertz CT molecular complexity index is 725. The van der Waals surface area contributed by atoms with Crippen LogP contribution in [0.4, 0.5) is 0 Å². The van der Waals surface area contributed by atoms with Gasteiger partial charge in [-0.3, -0.25) is 14.4 Å². The fraction of sp³-hybridized carbons (Fsp3) is 0.353. The van der Waals surface area contributed by atoms with Crippen LogP contribution in [0.2, 0.25) is 0 Å². The summed E-state index contributed by atoms with van der Waals surface area (Å²) in [6.07, 6.45) is 3.31. The normalized spacial score (nSPS) is 11.7. The van der Waals surface area contributed by atoms with Gasteiger partial charge in [-0.05, 0) is 37.3 Å². The summed E-state index contributed by atoms with van der Waals surface area (Å²) in [5, 5.41) is 7.28. The summed E-state index contributed by atoms with van der Waals surface area (Å²) in [6.45, 7) is 2.80. The van der Waals surface area contributed by atoms with Crippen molar-refractivity contribution in [2.45, 2.75) is 32.4 Å². The van der Waals surface area contributed by atoms with Gasteiger partial charge in [0.05, 0.1) is 4.88 Å². The zero-order chi connectivity index (χ0) is 17.4. The first kappa shape index (κ1) is 17.9. The number of carbonyl (C=O) groups is 2. The van der Waals surface area contributed by atoms with Crippen molar-refractivity contribution in [2.24, 2.45) is 0 Å². The monoisotopic (exact) mass is 347 g/mol. The summed E-state index contributed by atoms with van der Waals surface area (Å²) in [6, 6.07) is 7.99. The van der Waals surface area contributed by atoms with Crippen LogP contribution in [0.1, 0.15) is 29.4 Å². The van der Waals surface area contributed by atoms with E-state index in [0.29, 0.717) is 18.0 Å². The van der Waals surface area contributed by atoms with Crippen molar-refractivity contribution in [3.63, 3.8) is 0 Å². The highest BCUT2D eigenvalue weighted by atomic mass is 32.1. The van der Waals surface area contributed by atoms with Gasteiger partial charge in [-0.25, -0.2) is 0 Å². The van der Waals surface area contributed by atoms with Crippen LogP contribution in [-0.2, 0) is 11.3 Å². The Hall–Kier alpha value is -2.41. The van der Waals surface area contributed by atoms with Gasteiger partial charge >= 0.3 is 0 Å². The lowest BCUT2D eigenvalue weighted by atomic mass is 10.2. The van der Waals surface area contributed by atoms with Gasteiger partial charge in [0.1, 0.15) is 6.04 Å². The van der Waals surface area contributed by atoms with Crippen LogP contribution in [0.5, 0.6) is 0 Å². The molecule has 2 aromatic rings. The summed E-state index contributed by atoms with van der Waals surface area (Å²) in [5.74, 6) is -0.451. The summed E-state index contributed by atoms with van der Waals surface area (Å²) in [7, 11) is 0. The third-order valence-electron chi connectivity index (χ3n) is 3.51. The Labute approximate surface area is 144 Å². The van der Waals surface area contributed by atoms with E-state index in [9.17, 15) is 14.4 Å². The van der Waals surface area contributed by atoms with E-state index in [1.807, 2.05) is 11.4 Å². The Morgan fingerprint density at radius 3 is 2.75 bits per heavy atom. The molecule has 0 unspecified atom stereocenters. The molecule has 2 N–H and O–H groups in total. The molecule has 1 atom stereocenters. The predicted molar refractivity (Wildman–Crippen MR) is 94.2 cm³/mol. The van der Waals surface area contributed by atoms with Gasteiger partial charge in [0, 0.05) is 25.4 Å². The second-order valence-corrected chi connectivity index (χ2v) is 6.35. The number of aryl methyl sites for hydroxylation is 1. The van der Waals surface area contributed by atoms with Crippen LogP contribution in [0, 0.1) is 0 Å². The highest BCUT2D eigenvalue weighted by molar-refractivity contribution is 7.12. The van der Waals surface area contributed by atoms with Crippen LogP contribution < -0.4 is 16.2 Å². The first-order valence-electron chi connectivity index (χ1n) is 7.85. The fourth-order valence-corrected chi connectivity index (χ4v) is 2.79. The molecule has 2 heterocycles. The van der Waals surface area contributed by atoms with Crippen LogP contribution in [0.3, 0.4) is 0 Å². The number of pyridine rings is 1. The first-order valence-corrected chi connectivity index (χ1v) is 8.73. The molecule has 0 saturated heterocycles. The van der Waals surface area contributed by atoms with Crippen LogP contribution >= 0.6 is 11.3 Å². The van der Waals surface area contributed by atoms with Crippen molar-refractivity contribution in [3.8, 4) is 0 Å². The number of thiophene rings is 1. The molecule has 0 aromatic carbocycles. The number of hydrogen-bond acceptors (Lipinski definition) is 4. The number of carbonyl (C=O) groups excluding carboxylic acids is 2. The molecule has 2 aromatic heterocycles. The van der Waals surface area contributed by atoms with Crippen LogP contribution in [-0.4, -0.2) is 29.0 Å². The standard InChI is InChI=1S/C17H21N3O3S/c1-13(19-17(23)14-7-6-12-24-14)16(22)18-9-3-5-11-20-10-4-2-8-15(20)21/h2,4,6-8,10,12-13H,3,5,9,11H2,1H3,(H,18,22)(H,19,23)/t13-/m1/s1. The number of nitrogens with one attached hydrogen (secondary N) is 2. The second-order valence-electron chi connectivity index (χ2n) is 5.40. The van der Waals surface area contributed by atoms with E-state index in [1.165, 1.54) is 17.4 Å². The van der Waals surface area contributed by atoms with Crippen molar-refractivity contribution in [1.29, 1.82) is 0 Å². The lowest BCUT2D eigenvalue weighted by molar-refractivity contribution is -0.122. The molecule has 2 amide bonds. The molecular weight excluding hydrogens is 326 g/mol. The molecular formula is C17H21N3O3S.